The molecule has 0 N–H and O–H groups in total. The Morgan fingerprint density at radius 1 is 0.255 bits per heavy atom. The van der Waals surface area contributed by atoms with E-state index in [0.717, 1.165) is 49.6 Å². The van der Waals surface area contributed by atoms with Crippen LogP contribution in [0.25, 0.3) is 50.7 Å². The van der Waals surface area contributed by atoms with E-state index in [1.165, 1.54) is 158 Å². The molecule has 15 aromatic carbocycles. The van der Waals surface area contributed by atoms with Crippen molar-refractivity contribution in [2.24, 2.45) is 0 Å². The molecule has 9 nitrogen and oxygen atoms in total. The first-order chi connectivity index (χ1) is 72.3. The predicted molar refractivity (Wildman–Crippen MR) is 665 cm³/mol. The van der Waals surface area contributed by atoms with Gasteiger partial charge in [0.25, 0.3) is 0 Å². The third kappa shape index (κ3) is 31.4. The van der Waals surface area contributed by atoms with Crippen LogP contribution in [0.5, 0.6) is 0 Å². The Hall–Kier alpha value is -11.8. The van der Waals surface area contributed by atoms with E-state index in [4.69, 9.17) is 9.97 Å². The van der Waals surface area contributed by atoms with E-state index in [1.807, 2.05) is 32.6 Å². The normalized spacial score (nSPS) is 10.9. The fourth-order valence-corrected chi connectivity index (χ4v) is 45.2. The van der Waals surface area contributed by atoms with Gasteiger partial charge in [0.1, 0.15) is 11.3 Å². The molecule has 0 fully saturated rings. The van der Waals surface area contributed by atoms with Crippen LogP contribution in [-0.2, 0) is 20.4 Å². The van der Waals surface area contributed by atoms with Gasteiger partial charge in [-0.2, -0.15) is 0 Å². The minimum Gasteiger partial charge on any atom is -0.378 e. The molecule has 0 aliphatic heterocycles. The molecule has 0 bridgehead atoms. The van der Waals surface area contributed by atoms with E-state index >= 15 is 0 Å². The fourth-order valence-electron chi connectivity index (χ4n) is 18.1. The summed E-state index contributed by atoms with van der Waals surface area (Å²) in [6.07, 6.45) is 21.2. The number of halogens is 2. The van der Waals surface area contributed by atoms with Crippen LogP contribution in [0.3, 0.4) is 0 Å². The fraction of sp³-hybridized carbons (Fsp3) is 0.159. The van der Waals surface area contributed by atoms with Crippen molar-refractivity contribution in [1.29, 1.82) is 0 Å². The summed E-state index contributed by atoms with van der Waals surface area (Å²) < 4.78 is 15.1. The number of rotatable bonds is 28. The van der Waals surface area contributed by atoms with Crippen LogP contribution in [0.2, 0.25) is 13.3 Å². The van der Waals surface area contributed by atoms with Gasteiger partial charge in [0.2, 0.25) is 0 Å². The second-order valence-corrected chi connectivity index (χ2v) is 61.5. The number of fused-ring (bicyclic) bond motifs is 3. The molecule has 21 aromatic rings. The molecule has 756 valence electrons. The molecule has 17 heteroatoms. The van der Waals surface area contributed by atoms with Gasteiger partial charge in [-0.05, 0) is 195 Å². The maximum atomic E-state index is 5.00. The quantitative estimate of drug-likeness (QED) is 0.0277. The Bertz CT molecular complexity index is 6450. The molecule has 0 aliphatic carbocycles. The van der Waals surface area contributed by atoms with Crippen molar-refractivity contribution in [3.8, 4) is 33.8 Å². The van der Waals surface area contributed by atoms with Gasteiger partial charge >= 0.3 is 201 Å². The molecule has 0 aliphatic rings. The van der Waals surface area contributed by atoms with E-state index < -0.39 is 50.1 Å². The van der Waals surface area contributed by atoms with Crippen LogP contribution in [0.4, 0.5) is 17.1 Å². The monoisotopic (exact) mass is 2400 g/mol. The number of nitrogens with zero attached hydrogens (tertiary/aromatic N) is 9. The molecule has 0 saturated carbocycles. The largest absolute Gasteiger partial charge is 0.378 e. The van der Waals surface area contributed by atoms with Crippen LogP contribution >= 0.6 is 70.2 Å². The summed E-state index contributed by atoms with van der Waals surface area (Å²) in [5.74, 6) is 0. The summed E-state index contributed by atoms with van der Waals surface area (Å²) in [7, 11) is 10.6. The van der Waals surface area contributed by atoms with Crippen molar-refractivity contribution in [3.63, 3.8) is 0 Å². The van der Waals surface area contributed by atoms with Crippen molar-refractivity contribution in [3.05, 3.63) is 517 Å². The van der Waals surface area contributed by atoms with Crippen molar-refractivity contribution in [1.82, 2.24) is 28.2 Å². The van der Waals surface area contributed by atoms with Crippen LogP contribution in [0.1, 0.15) is 76.0 Å². The smallest absolute Gasteiger partial charge is 0.137 e. The summed E-state index contributed by atoms with van der Waals surface area (Å²) in [4.78, 5) is 20.7. The molecule has 0 unspecified atom stereocenters. The maximum absolute atomic E-state index is 5.00. The molecular weight excluding hydrogens is 2270 g/mol. The number of aromatic nitrogens is 6. The van der Waals surface area contributed by atoms with Gasteiger partial charge in [0.15, 0.2) is 0 Å². The second kappa shape index (κ2) is 58.0. The maximum Gasteiger partial charge on any atom is 0.137 e. The Labute approximate surface area is 930 Å². The molecule has 0 amide bonds. The van der Waals surface area contributed by atoms with Gasteiger partial charge in [-0.15, -0.1) is 0 Å². The van der Waals surface area contributed by atoms with Gasteiger partial charge in [-0.1, -0.05) is 388 Å². The minimum atomic E-state index is -2.48. The first-order valence-corrected chi connectivity index (χ1v) is 66.0. The molecule has 0 saturated heterocycles. The standard InChI is InChI=1S/4C18H15P.C16H16BrN3.C16H16IN3.C16H16N3.3C4H9.Pd.Sn/c4*1-4-10-16(11-5-1)19(17-12-6-2-7-13-17)18-14-8-3-9-15-18;2*1-11-8-16-18-15(10-20(16)9-14(11)17)12-4-6-13(7-5-12)19(2)3;1-12-8-9-19-11-15(17-16(19)10-12)13-4-6-14(7-5-13)18(2)3;3*1-3-4-2;;/h4*1-15H;2*4-10H,1-3H3;4-7,9-11H,1-3H3;3*1,3-4H2,2H3;;. The van der Waals surface area contributed by atoms with E-state index in [2.05, 4.69) is 615 Å². The third-order valence-electron chi connectivity index (χ3n) is 26.1. The van der Waals surface area contributed by atoms with Crippen LogP contribution in [-0.4, -0.2) is 88.8 Å². The van der Waals surface area contributed by atoms with Gasteiger partial charge < -0.3 is 18.6 Å². The number of aryl methyl sites for hydroxylation is 3. The third-order valence-corrected chi connectivity index (χ3v) is 53.8. The molecule has 0 atom stereocenters. The molecule has 21 rings (SSSR count). The second-order valence-electron chi connectivity index (χ2n) is 37.4. The molecule has 6 heterocycles. The summed E-state index contributed by atoms with van der Waals surface area (Å²) in [5, 5.41) is 16.8. The first-order valence-electron chi connectivity index (χ1n) is 51.3. The van der Waals surface area contributed by atoms with Gasteiger partial charge in [0, 0.05) is 104 Å². The molecular formula is C132H135BrIN9P4PdSn. The van der Waals surface area contributed by atoms with Crippen LogP contribution in [0.15, 0.2) is 497 Å². The average Bonchev–Trinajstić information content (AvgIpc) is 1.68. The number of hydrogen-bond acceptors (Lipinski definition) is 6. The molecule has 149 heavy (non-hydrogen) atoms. The molecule has 0 spiro atoms. The van der Waals surface area contributed by atoms with E-state index in [9.17, 15) is 0 Å². The number of hydrogen-bond donors (Lipinski definition) is 0. The van der Waals surface area contributed by atoms with Gasteiger partial charge in [0.05, 0.1) is 11.4 Å². The van der Waals surface area contributed by atoms with Crippen molar-refractivity contribution < 1.29 is 20.4 Å². The number of imidazole rings is 3. The summed E-state index contributed by atoms with van der Waals surface area (Å²) >= 11 is 3.43. The Kier molecular flexibility index (Phi) is 43.9. The minimum absolute atomic E-state index is 0. The number of unbranched alkanes of at least 4 members (excludes halogenated alkanes) is 3. The zero-order chi connectivity index (χ0) is 103. The van der Waals surface area contributed by atoms with Crippen LogP contribution in [0, 0.1) is 24.3 Å². The SMILES string of the molecule is CCC[CH2][Sn]([CH2]CCC)([CH2]CCC)[c]1cn2cc(-c3ccc(N(C)C)cc3)nc2cc1C.Cc1cc2nc(-c3ccc(N(C)C)cc3)cn2cc1Br.Cc1cc2nc(-c3ccc(N(C)C)cc3)cn2cc1I.[Pd].c1ccc(P(c2ccccc2)c2ccccc2)cc1.c1ccc(P(c2ccccc2)c2ccccc2)cc1.c1ccc(P(c2ccccc2)c2ccccc2)cc1.c1ccc(P(c2ccccc2)c2ccccc2)cc1. The van der Waals surface area contributed by atoms with Gasteiger partial charge in [-0.3, -0.25) is 0 Å². The topological polar surface area (TPSA) is 61.6 Å². The van der Waals surface area contributed by atoms with Crippen molar-refractivity contribution in [2.45, 2.75) is 93.4 Å². The van der Waals surface area contributed by atoms with E-state index in [-0.39, 0.29) is 20.4 Å². The average molecular weight is 2400 g/mol. The number of anilines is 3. The number of benzene rings is 15. The summed E-state index contributed by atoms with van der Waals surface area (Å²) in [5.41, 5.74) is 17.2. The molecule has 6 aromatic heterocycles. The van der Waals surface area contributed by atoms with Crippen LogP contribution < -0.4 is 81.9 Å². The Morgan fingerprint density at radius 2 is 0.450 bits per heavy atom. The zero-order valence-corrected chi connectivity index (χ0v) is 99.2. The first kappa shape index (κ1) is 113. The number of pyridine rings is 3. The predicted octanol–water partition coefficient (Wildman–Crippen LogP) is 29.3. The Balaban J connectivity index is 0.000000138. The summed E-state index contributed by atoms with van der Waals surface area (Å²) in [6, 6.07) is 162. The van der Waals surface area contributed by atoms with E-state index in [1.54, 1.807) is 3.58 Å². The van der Waals surface area contributed by atoms with Crippen molar-refractivity contribution in [2.75, 3.05) is 57.0 Å². The zero-order valence-electron chi connectivity index (χ0n) is 87.5. The van der Waals surface area contributed by atoms with E-state index in [0.29, 0.717) is 0 Å². The molecule has 0 radical (unpaired) electrons. The summed E-state index contributed by atoms with van der Waals surface area (Å²) in [6.45, 7) is 13.6. The Morgan fingerprint density at radius 3 is 0.658 bits per heavy atom. The van der Waals surface area contributed by atoms with Gasteiger partial charge in [-0.25, -0.2) is 9.97 Å². The van der Waals surface area contributed by atoms with Crippen molar-refractivity contribution >= 4 is 190 Å².